The Morgan fingerprint density at radius 1 is 0.976 bits per heavy atom. The monoisotopic (exact) mass is 571 g/mol. The van der Waals surface area contributed by atoms with E-state index >= 15 is 0 Å². The van der Waals surface area contributed by atoms with Gasteiger partial charge >= 0.3 is 6.03 Å². The highest BCUT2D eigenvalue weighted by Crippen LogP contribution is 2.46. The van der Waals surface area contributed by atoms with E-state index in [9.17, 15) is 18.8 Å². The van der Waals surface area contributed by atoms with E-state index in [2.05, 4.69) is 16.0 Å². The molecule has 0 aromatic heterocycles. The first-order chi connectivity index (χ1) is 19.4. The van der Waals surface area contributed by atoms with E-state index in [1.54, 1.807) is 17.0 Å². The van der Waals surface area contributed by atoms with Crippen LogP contribution in [0.1, 0.15) is 85.1 Å². The lowest BCUT2D eigenvalue weighted by Crippen LogP contribution is -2.61. The van der Waals surface area contributed by atoms with Gasteiger partial charge in [-0.25, -0.2) is 9.18 Å². The molecule has 3 aliphatic rings. The van der Waals surface area contributed by atoms with Gasteiger partial charge in [-0.3, -0.25) is 9.59 Å². The first-order valence-electron chi connectivity index (χ1n) is 15.5. The van der Waals surface area contributed by atoms with Crippen molar-refractivity contribution in [3.05, 3.63) is 35.6 Å². The van der Waals surface area contributed by atoms with Gasteiger partial charge in [0.1, 0.15) is 11.9 Å². The third kappa shape index (κ3) is 7.99. The van der Waals surface area contributed by atoms with Crippen molar-refractivity contribution in [2.24, 2.45) is 11.3 Å². The first kappa shape index (κ1) is 31.3. The molecule has 1 saturated carbocycles. The van der Waals surface area contributed by atoms with Crippen LogP contribution in [0.5, 0.6) is 0 Å². The van der Waals surface area contributed by atoms with E-state index in [1.807, 2.05) is 39.5 Å². The summed E-state index contributed by atoms with van der Waals surface area (Å²) in [5.41, 5.74) is -0.0205. The van der Waals surface area contributed by atoms with Crippen molar-refractivity contribution in [2.75, 3.05) is 26.2 Å². The van der Waals surface area contributed by atoms with Crippen molar-refractivity contribution in [2.45, 2.75) is 110 Å². The van der Waals surface area contributed by atoms with Crippen molar-refractivity contribution in [1.82, 2.24) is 25.8 Å². The normalized spacial score (nSPS) is 24.4. The second kappa shape index (κ2) is 13.1. The average molecular weight is 572 g/mol. The van der Waals surface area contributed by atoms with E-state index in [0.717, 1.165) is 31.2 Å². The molecule has 8 nitrogen and oxygen atoms in total. The largest absolute Gasteiger partial charge is 0.351 e. The van der Waals surface area contributed by atoms with Gasteiger partial charge in [-0.05, 0) is 83.9 Å². The maximum atomic E-state index is 14.0. The number of piperidine rings is 1. The van der Waals surface area contributed by atoms with Crippen LogP contribution in [-0.4, -0.2) is 77.5 Å². The molecule has 2 aliphatic heterocycles. The van der Waals surface area contributed by atoms with E-state index < -0.39 is 11.5 Å². The lowest BCUT2D eigenvalue weighted by Gasteiger charge is -2.48. The van der Waals surface area contributed by atoms with Crippen LogP contribution in [0, 0.1) is 17.2 Å². The van der Waals surface area contributed by atoms with Crippen LogP contribution < -0.4 is 16.0 Å². The number of piperazine rings is 1. The molecule has 4 amide bonds. The summed E-state index contributed by atoms with van der Waals surface area (Å²) >= 11 is 0. The fraction of sp³-hybridized carbons (Fsp3) is 0.719. The third-order valence-electron chi connectivity index (χ3n) is 9.09. The number of urea groups is 1. The minimum absolute atomic E-state index is 0.113. The number of carbonyl (C=O) groups excluding carboxylic acids is 3. The van der Waals surface area contributed by atoms with E-state index in [-0.39, 0.29) is 47.7 Å². The fourth-order valence-corrected chi connectivity index (χ4v) is 7.08. The van der Waals surface area contributed by atoms with E-state index in [4.69, 9.17) is 0 Å². The molecule has 4 rings (SSSR count). The zero-order valence-corrected chi connectivity index (χ0v) is 25.6. The van der Waals surface area contributed by atoms with Crippen molar-refractivity contribution in [3.63, 3.8) is 0 Å². The number of benzene rings is 1. The molecule has 0 radical (unpaired) electrons. The molecule has 9 heteroatoms. The van der Waals surface area contributed by atoms with Gasteiger partial charge in [-0.1, -0.05) is 31.4 Å². The molecule has 0 bridgehead atoms. The van der Waals surface area contributed by atoms with Crippen LogP contribution in [0.4, 0.5) is 9.18 Å². The predicted octanol–water partition coefficient (Wildman–Crippen LogP) is 4.23. The maximum Gasteiger partial charge on any atom is 0.318 e. The molecule has 41 heavy (non-hydrogen) atoms. The Morgan fingerprint density at radius 2 is 1.56 bits per heavy atom. The van der Waals surface area contributed by atoms with Crippen LogP contribution in [0.25, 0.3) is 0 Å². The first-order valence-corrected chi connectivity index (χ1v) is 15.5. The Kier molecular flexibility index (Phi) is 9.98. The van der Waals surface area contributed by atoms with Gasteiger partial charge in [0, 0.05) is 50.2 Å². The molecule has 2 heterocycles. The number of likely N-dealkylation sites (tertiary alicyclic amines) is 1. The summed E-state index contributed by atoms with van der Waals surface area (Å²) in [6.45, 7) is 12.2. The van der Waals surface area contributed by atoms with Gasteiger partial charge < -0.3 is 25.8 Å². The van der Waals surface area contributed by atoms with Gasteiger partial charge in [0.2, 0.25) is 11.8 Å². The lowest BCUT2D eigenvalue weighted by molar-refractivity contribution is -0.147. The third-order valence-corrected chi connectivity index (χ3v) is 9.09. The van der Waals surface area contributed by atoms with Gasteiger partial charge in [0.05, 0.1) is 5.41 Å². The van der Waals surface area contributed by atoms with Gasteiger partial charge in [-0.2, -0.15) is 0 Å². The molecular weight excluding hydrogens is 521 g/mol. The van der Waals surface area contributed by atoms with E-state index in [0.29, 0.717) is 44.9 Å². The fourth-order valence-electron chi connectivity index (χ4n) is 7.08. The van der Waals surface area contributed by atoms with Crippen molar-refractivity contribution < 1.29 is 18.8 Å². The number of amides is 4. The summed E-state index contributed by atoms with van der Waals surface area (Å²) in [5.74, 6) is -0.0511. The molecular formula is C32H50FN5O3. The summed E-state index contributed by atoms with van der Waals surface area (Å²) in [4.78, 5) is 44.7. The minimum atomic E-state index is -0.779. The standard InChI is InChI=1S/C32H50FN5O3/c1-22-20-38(21-23(2)34-22)30(41)35-27(19-24-11-13-26(33)14-12-24)28(39)37-17-15-32(16-18-37,25-9-7-6-8-10-25)29(40)36-31(3,4)5/h11-14,22-23,25,27,34H,6-10,15-21H2,1-5H3,(H,35,41)(H,36,40)/t22-,23-,27+/m0/s1. The molecule has 3 N–H and O–H groups in total. The smallest absolute Gasteiger partial charge is 0.318 e. The lowest BCUT2D eigenvalue weighted by atomic mass is 9.63. The summed E-state index contributed by atoms with van der Waals surface area (Å²) in [6, 6.07) is 5.37. The van der Waals surface area contributed by atoms with Crippen LogP contribution >= 0.6 is 0 Å². The van der Waals surface area contributed by atoms with Crippen molar-refractivity contribution in [1.29, 1.82) is 0 Å². The Balaban J connectivity index is 1.50. The second-order valence-corrected chi connectivity index (χ2v) is 13.7. The number of carbonyl (C=O) groups is 3. The molecule has 1 aromatic rings. The minimum Gasteiger partial charge on any atom is -0.351 e. The summed E-state index contributed by atoms with van der Waals surface area (Å²) < 4.78 is 13.6. The molecule has 1 aliphatic carbocycles. The van der Waals surface area contributed by atoms with Crippen LogP contribution in [0.2, 0.25) is 0 Å². The van der Waals surface area contributed by atoms with Crippen molar-refractivity contribution >= 4 is 17.8 Å². The van der Waals surface area contributed by atoms with E-state index in [1.165, 1.54) is 18.6 Å². The Labute approximate surface area is 245 Å². The number of hydrogen-bond acceptors (Lipinski definition) is 4. The molecule has 3 fully saturated rings. The summed E-state index contributed by atoms with van der Waals surface area (Å²) in [7, 11) is 0. The molecule has 0 spiro atoms. The average Bonchev–Trinajstić information content (AvgIpc) is 2.92. The number of halogens is 1. The molecule has 228 valence electrons. The molecule has 2 saturated heterocycles. The highest BCUT2D eigenvalue weighted by Gasteiger charge is 2.49. The van der Waals surface area contributed by atoms with Crippen LogP contribution in [-0.2, 0) is 16.0 Å². The molecule has 0 unspecified atom stereocenters. The summed E-state index contributed by atoms with van der Waals surface area (Å²) in [6.07, 6.45) is 7.13. The quantitative estimate of drug-likeness (QED) is 0.477. The SMILES string of the molecule is C[C@H]1CN(C(=O)N[C@H](Cc2ccc(F)cc2)C(=O)N2CCC(C(=O)NC(C)(C)C)(C3CCCCC3)CC2)C[C@H](C)N1. The zero-order chi connectivity index (χ0) is 29.8. The highest BCUT2D eigenvalue weighted by molar-refractivity contribution is 5.88. The maximum absolute atomic E-state index is 14.0. The number of rotatable bonds is 6. The van der Waals surface area contributed by atoms with Gasteiger partial charge in [0.25, 0.3) is 0 Å². The number of hydrogen-bond donors (Lipinski definition) is 3. The Hall–Kier alpha value is -2.68. The Morgan fingerprint density at radius 3 is 2.12 bits per heavy atom. The van der Waals surface area contributed by atoms with Gasteiger partial charge in [-0.15, -0.1) is 0 Å². The second-order valence-electron chi connectivity index (χ2n) is 13.7. The highest BCUT2D eigenvalue weighted by atomic mass is 19.1. The molecule has 1 aromatic carbocycles. The zero-order valence-electron chi connectivity index (χ0n) is 25.6. The van der Waals surface area contributed by atoms with Crippen molar-refractivity contribution in [3.8, 4) is 0 Å². The molecule has 3 atom stereocenters. The predicted molar refractivity (Wildman–Crippen MR) is 159 cm³/mol. The van der Waals surface area contributed by atoms with Gasteiger partial charge in [0.15, 0.2) is 0 Å². The Bertz CT molecular complexity index is 1050. The number of nitrogens with one attached hydrogen (secondary N) is 3. The topological polar surface area (TPSA) is 93.8 Å². The van der Waals surface area contributed by atoms with Crippen LogP contribution in [0.15, 0.2) is 24.3 Å². The van der Waals surface area contributed by atoms with Crippen LogP contribution in [0.3, 0.4) is 0 Å². The summed E-state index contributed by atoms with van der Waals surface area (Å²) in [5, 5.41) is 9.71. The number of nitrogens with zero attached hydrogens (tertiary/aromatic N) is 2.